The first-order valence-corrected chi connectivity index (χ1v) is 8.86. The predicted molar refractivity (Wildman–Crippen MR) is 93.6 cm³/mol. The lowest BCUT2D eigenvalue weighted by atomic mass is 10.1. The van der Waals surface area contributed by atoms with Crippen molar-refractivity contribution >= 4 is 5.97 Å². The molecule has 1 fully saturated rings. The van der Waals surface area contributed by atoms with E-state index in [4.69, 9.17) is 14.2 Å². The fourth-order valence-electron chi connectivity index (χ4n) is 2.52. The number of ether oxygens (including phenoxy) is 3. The molecule has 1 aliphatic heterocycles. The maximum absolute atomic E-state index is 12.2. The molecule has 0 amide bonds. The van der Waals surface area contributed by atoms with Crippen molar-refractivity contribution in [2.75, 3.05) is 46.1 Å². The molecular weight excluding hydrogens is 306 g/mol. The summed E-state index contributed by atoms with van der Waals surface area (Å²) < 4.78 is 16.5. The zero-order chi connectivity index (χ0) is 17.2. The second-order valence-electron chi connectivity index (χ2n) is 6.47. The third-order valence-corrected chi connectivity index (χ3v) is 4.02. The van der Waals surface area contributed by atoms with Gasteiger partial charge in [-0.05, 0) is 30.9 Å². The van der Waals surface area contributed by atoms with Gasteiger partial charge in [0.25, 0.3) is 0 Å². The van der Waals surface area contributed by atoms with E-state index in [9.17, 15) is 4.79 Å². The Morgan fingerprint density at radius 3 is 2.71 bits per heavy atom. The van der Waals surface area contributed by atoms with E-state index in [-0.39, 0.29) is 5.97 Å². The quantitative estimate of drug-likeness (QED) is 0.513. The lowest BCUT2D eigenvalue weighted by Crippen LogP contribution is -2.37. The average Bonchev–Trinajstić information content (AvgIpc) is 2.59. The van der Waals surface area contributed by atoms with Crippen LogP contribution < -0.4 is 4.74 Å². The summed E-state index contributed by atoms with van der Waals surface area (Å²) in [5.41, 5.74) is 0.507. The molecule has 0 aliphatic carbocycles. The average molecular weight is 335 g/mol. The lowest BCUT2D eigenvalue weighted by Gasteiger charge is -2.26. The summed E-state index contributed by atoms with van der Waals surface area (Å²) in [6.45, 7) is 9.84. The molecule has 134 valence electrons. The summed E-state index contributed by atoms with van der Waals surface area (Å²) >= 11 is 0. The molecular formula is C19H29NO4. The van der Waals surface area contributed by atoms with Gasteiger partial charge >= 0.3 is 5.97 Å². The minimum absolute atomic E-state index is 0.306. The maximum Gasteiger partial charge on any atom is 0.341 e. The summed E-state index contributed by atoms with van der Waals surface area (Å²) in [7, 11) is 0. The van der Waals surface area contributed by atoms with Crippen LogP contribution in [-0.2, 0) is 9.47 Å². The van der Waals surface area contributed by atoms with Crippen LogP contribution in [0.25, 0.3) is 0 Å². The standard InChI is InChI=1S/C19H29NO4/c1-16(2)8-13-24-19(21)17-6-3-4-7-18(17)23-12-5-9-20-10-14-22-15-11-20/h3-4,6-7,16H,5,8-15H2,1-2H3. The van der Waals surface area contributed by atoms with Crippen LogP contribution in [0.15, 0.2) is 24.3 Å². The first-order chi connectivity index (χ1) is 11.7. The summed E-state index contributed by atoms with van der Waals surface area (Å²) in [5.74, 6) is 0.818. The van der Waals surface area contributed by atoms with Gasteiger partial charge in [-0.25, -0.2) is 4.79 Å². The van der Waals surface area contributed by atoms with Gasteiger partial charge in [0.1, 0.15) is 11.3 Å². The minimum Gasteiger partial charge on any atom is -0.493 e. The number of carbonyl (C=O) groups excluding carboxylic acids is 1. The number of hydrogen-bond acceptors (Lipinski definition) is 5. The Hall–Kier alpha value is -1.59. The van der Waals surface area contributed by atoms with E-state index in [1.54, 1.807) is 6.07 Å². The Kier molecular flexibility index (Phi) is 8.05. The van der Waals surface area contributed by atoms with Gasteiger partial charge in [-0.2, -0.15) is 0 Å². The van der Waals surface area contributed by atoms with E-state index in [1.165, 1.54) is 0 Å². The molecule has 0 spiro atoms. The fourth-order valence-corrected chi connectivity index (χ4v) is 2.52. The molecule has 0 N–H and O–H groups in total. The van der Waals surface area contributed by atoms with Gasteiger partial charge in [-0.1, -0.05) is 26.0 Å². The number of carbonyl (C=O) groups is 1. The topological polar surface area (TPSA) is 48.0 Å². The Bertz CT molecular complexity index is 498. The summed E-state index contributed by atoms with van der Waals surface area (Å²) in [6, 6.07) is 7.30. The molecule has 1 aliphatic rings. The molecule has 0 bridgehead atoms. The van der Waals surface area contributed by atoms with Crippen molar-refractivity contribution in [2.24, 2.45) is 5.92 Å². The number of benzene rings is 1. The molecule has 0 atom stereocenters. The second kappa shape index (κ2) is 10.3. The molecule has 0 radical (unpaired) electrons. The first kappa shape index (κ1) is 18.7. The van der Waals surface area contributed by atoms with Crippen molar-refractivity contribution in [1.29, 1.82) is 0 Å². The molecule has 1 heterocycles. The zero-order valence-electron chi connectivity index (χ0n) is 14.8. The second-order valence-corrected chi connectivity index (χ2v) is 6.47. The van der Waals surface area contributed by atoms with Crippen LogP contribution in [0, 0.1) is 5.92 Å². The number of esters is 1. The molecule has 0 saturated carbocycles. The minimum atomic E-state index is -0.306. The Morgan fingerprint density at radius 2 is 1.96 bits per heavy atom. The van der Waals surface area contributed by atoms with E-state index >= 15 is 0 Å². The van der Waals surface area contributed by atoms with E-state index in [0.717, 1.165) is 45.7 Å². The Balaban J connectivity index is 1.76. The van der Waals surface area contributed by atoms with Crippen molar-refractivity contribution in [3.8, 4) is 5.75 Å². The number of para-hydroxylation sites is 1. The number of rotatable bonds is 9. The van der Waals surface area contributed by atoms with Crippen LogP contribution in [0.2, 0.25) is 0 Å². The van der Waals surface area contributed by atoms with Gasteiger partial charge in [0, 0.05) is 19.6 Å². The number of hydrogen-bond donors (Lipinski definition) is 0. The molecule has 1 aromatic rings. The Labute approximate surface area is 144 Å². The smallest absolute Gasteiger partial charge is 0.341 e. The van der Waals surface area contributed by atoms with E-state index < -0.39 is 0 Å². The highest BCUT2D eigenvalue weighted by Gasteiger charge is 2.14. The zero-order valence-corrected chi connectivity index (χ0v) is 14.8. The van der Waals surface area contributed by atoms with Crippen LogP contribution in [0.4, 0.5) is 0 Å². The van der Waals surface area contributed by atoms with Gasteiger partial charge in [-0.3, -0.25) is 4.90 Å². The summed E-state index contributed by atoms with van der Waals surface area (Å²) in [6.07, 6.45) is 1.80. The third-order valence-electron chi connectivity index (χ3n) is 4.02. The van der Waals surface area contributed by atoms with Gasteiger partial charge in [0.2, 0.25) is 0 Å². The van der Waals surface area contributed by atoms with Crippen molar-refractivity contribution in [3.05, 3.63) is 29.8 Å². The van der Waals surface area contributed by atoms with Crippen molar-refractivity contribution in [3.63, 3.8) is 0 Å². The van der Waals surface area contributed by atoms with Gasteiger partial charge < -0.3 is 14.2 Å². The summed E-state index contributed by atoms with van der Waals surface area (Å²) in [4.78, 5) is 14.6. The van der Waals surface area contributed by atoms with Crippen molar-refractivity contribution in [1.82, 2.24) is 4.90 Å². The molecule has 1 aromatic carbocycles. The van der Waals surface area contributed by atoms with Crippen molar-refractivity contribution < 1.29 is 19.0 Å². The molecule has 0 aromatic heterocycles. The van der Waals surface area contributed by atoms with Crippen molar-refractivity contribution in [2.45, 2.75) is 26.7 Å². The molecule has 2 rings (SSSR count). The molecule has 24 heavy (non-hydrogen) atoms. The molecule has 0 unspecified atom stereocenters. The highest BCUT2D eigenvalue weighted by atomic mass is 16.5. The van der Waals surface area contributed by atoms with Crippen LogP contribution >= 0.6 is 0 Å². The molecule has 5 heteroatoms. The largest absolute Gasteiger partial charge is 0.493 e. The van der Waals surface area contributed by atoms with Crippen LogP contribution in [0.3, 0.4) is 0 Å². The third kappa shape index (κ3) is 6.49. The van der Waals surface area contributed by atoms with E-state index in [0.29, 0.717) is 30.4 Å². The monoisotopic (exact) mass is 335 g/mol. The molecule has 1 saturated heterocycles. The molecule has 5 nitrogen and oxygen atoms in total. The van der Waals surface area contributed by atoms with Gasteiger partial charge in [-0.15, -0.1) is 0 Å². The lowest BCUT2D eigenvalue weighted by molar-refractivity contribution is 0.0356. The van der Waals surface area contributed by atoms with Crippen LogP contribution in [0.1, 0.15) is 37.0 Å². The number of nitrogens with zero attached hydrogens (tertiary/aromatic N) is 1. The van der Waals surface area contributed by atoms with Crippen LogP contribution in [-0.4, -0.2) is 56.9 Å². The van der Waals surface area contributed by atoms with Gasteiger partial charge in [0.05, 0.1) is 26.4 Å². The number of morpholine rings is 1. The van der Waals surface area contributed by atoms with Gasteiger partial charge in [0.15, 0.2) is 0 Å². The van der Waals surface area contributed by atoms with E-state index in [2.05, 4.69) is 18.7 Å². The van der Waals surface area contributed by atoms with Crippen LogP contribution in [0.5, 0.6) is 5.75 Å². The summed E-state index contributed by atoms with van der Waals surface area (Å²) in [5, 5.41) is 0. The highest BCUT2D eigenvalue weighted by molar-refractivity contribution is 5.92. The first-order valence-electron chi connectivity index (χ1n) is 8.86. The SMILES string of the molecule is CC(C)CCOC(=O)c1ccccc1OCCCN1CCOCC1. The Morgan fingerprint density at radius 1 is 1.21 bits per heavy atom. The fraction of sp³-hybridized carbons (Fsp3) is 0.632. The predicted octanol–water partition coefficient (Wildman–Crippen LogP) is 2.99. The highest BCUT2D eigenvalue weighted by Crippen LogP contribution is 2.19. The normalized spacial score (nSPS) is 15.5. The maximum atomic E-state index is 12.2. The van der Waals surface area contributed by atoms with E-state index in [1.807, 2.05) is 18.2 Å².